The van der Waals surface area contributed by atoms with E-state index in [0.29, 0.717) is 13.0 Å². The van der Waals surface area contributed by atoms with Gasteiger partial charge in [0.1, 0.15) is 10.7 Å². The first-order valence-corrected chi connectivity index (χ1v) is 10.5. The van der Waals surface area contributed by atoms with Crippen LogP contribution < -0.4 is 5.56 Å². The van der Waals surface area contributed by atoms with Gasteiger partial charge >= 0.3 is 0 Å². The number of aromatic nitrogens is 2. The number of nitrogens with one attached hydrogen (secondary N) is 1. The maximum atomic E-state index is 12.6. The molecule has 1 saturated heterocycles. The molecule has 0 spiro atoms. The van der Waals surface area contributed by atoms with E-state index in [1.54, 1.807) is 11.3 Å². The lowest BCUT2D eigenvalue weighted by molar-refractivity contribution is -0.133. The number of hydrogen-bond acceptors (Lipinski definition) is 5. The van der Waals surface area contributed by atoms with E-state index in [1.165, 1.54) is 23.3 Å². The van der Waals surface area contributed by atoms with E-state index in [0.717, 1.165) is 61.5 Å². The van der Waals surface area contributed by atoms with Crippen molar-refractivity contribution in [1.29, 1.82) is 0 Å². The first kappa shape index (κ1) is 17.7. The van der Waals surface area contributed by atoms with Crippen molar-refractivity contribution in [3.8, 4) is 0 Å². The second-order valence-corrected chi connectivity index (χ2v) is 8.39. The molecule has 0 atom stereocenters. The molecule has 2 aromatic heterocycles. The minimum atomic E-state index is 0.0150. The Kier molecular flexibility index (Phi) is 5.09. The fourth-order valence-corrected chi connectivity index (χ4v) is 5.30. The fourth-order valence-electron chi connectivity index (χ4n) is 4.02. The van der Waals surface area contributed by atoms with Gasteiger partial charge in [-0.2, -0.15) is 0 Å². The first-order valence-electron chi connectivity index (χ1n) is 9.69. The number of H-pyrrole nitrogens is 1. The highest BCUT2D eigenvalue weighted by atomic mass is 32.1. The molecule has 7 heteroatoms. The molecular formula is C19H26N4O2S. The molecule has 0 saturated carbocycles. The van der Waals surface area contributed by atoms with E-state index >= 15 is 0 Å². The molecule has 0 aromatic carbocycles. The van der Waals surface area contributed by atoms with Crippen molar-refractivity contribution in [3.63, 3.8) is 0 Å². The summed E-state index contributed by atoms with van der Waals surface area (Å²) in [5.74, 6) is 0.999. The molecule has 1 N–H and O–H groups in total. The van der Waals surface area contributed by atoms with Gasteiger partial charge in [0.25, 0.3) is 5.56 Å². The maximum Gasteiger partial charge on any atom is 0.259 e. The second-order valence-electron chi connectivity index (χ2n) is 7.31. The minimum absolute atomic E-state index is 0.0150. The zero-order chi connectivity index (χ0) is 18.1. The van der Waals surface area contributed by atoms with E-state index in [1.807, 2.05) is 11.8 Å². The molecule has 26 heavy (non-hydrogen) atoms. The van der Waals surface area contributed by atoms with Gasteiger partial charge < -0.3 is 9.88 Å². The Morgan fingerprint density at radius 1 is 1.19 bits per heavy atom. The fraction of sp³-hybridized carbons (Fsp3) is 0.632. The van der Waals surface area contributed by atoms with Crippen LogP contribution in [0.1, 0.15) is 48.9 Å². The highest BCUT2D eigenvalue weighted by Gasteiger charge is 2.23. The molecule has 6 nitrogen and oxygen atoms in total. The smallest absolute Gasteiger partial charge is 0.259 e. The van der Waals surface area contributed by atoms with Gasteiger partial charge in [-0.25, -0.2) is 4.98 Å². The van der Waals surface area contributed by atoms with Crippen LogP contribution in [-0.2, 0) is 24.2 Å². The third-order valence-corrected chi connectivity index (χ3v) is 6.62. The molecule has 2 aromatic rings. The van der Waals surface area contributed by atoms with Crippen LogP contribution in [0.15, 0.2) is 4.79 Å². The zero-order valence-electron chi connectivity index (χ0n) is 15.3. The van der Waals surface area contributed by atoms with Crippen LogP contribution in [0.2, 0.25) is 0 Å². The molecule has 0 radical (unpaired) electrons. The average molecular weight is 375 g/mol. The number of thiophene rings is 1. The molecule has 0 bridgehead atoms. The van der Waals surface area contributed by atoms with Gasteiger partial charge in [-0.15, -0.1) is 11.3 Å². The zero-order valence-corrected chi connectivity index (χ0v) is 16.2. The normalized spacial score (nSPS) is 18.3. The summed E-state index contributed by atoms with van der Waals surface area (Å²) in [6.07, 6.45) is 6.00. The van der Waals surface area contributed by atoms with Crippen molar-refractivity contribution in [2.24, 2.45) is 0 Å². The average Bonchev–Trinajstić information content (AvgIpc) is 3.01. The standard InChI is InChI=1S/C19H26N4O2S/c1-2-5-16(24)23-10-8-22(9-11-23)12-15-20-18(25)17-13-6-3-4-7-14(13)26-19(17)21-15/h2-12H2,1H3,(H,20,21,25). The SMILES string of the molecule is CCCC(=O)N1CCN(Cc2nc3sc4c(c3c(=O)[nH]2)CCCC4)CC1. The molecule has 2 aliphatic rings. The molecule has 0 unspecified atom stereocenters. The Morgan fingerprint density at radius 3 is 2.73 bits per heavy atom. The predicted molar refractivity (Wildman–Crippen MR) is 104 cm³/mol. The summed E-state index contributed by atoms with van der Waals surface area (Å²) in [5.41, 5.74) is 1.25. The molecular weight excluding hydrogens is 348 g/mol. The number of carbonyl (C=O) groups is 1. The minimum Gasteiger partial charge on any atom is -0.340 e. The highest BCUT2D eigenvalue weighted by molar-refractivity contribution is 7.18. The largest absolute Gasteiger partial charge is 0.340 e. The van der Waals surface area contributed by atoms with Crippen molar-refractivity contribution in [3.05, 3.63) is 26.6 Å². The Morgan fingerprint density at radius 2 is 1.96 bits per heavy atom. The van der Waals surface area contributed by atoms with Gasteiger partial charge in [-0.3, -0.25) is 14.5 Å². The van der Waals surface area contributed by atoms with Crippen LogP contribution in [0, 0.1) is 0 Å². The van der Waals surface area contributed by atoms with Crippen molar-refractivity contribution in [2.75, 3.05) is 26.2 Å². The van der Waals surface area contributed by atoms with Gasteiger partial charge in [0.2, 0.25) is 5.91 Å². The van der Waals surface area contributed by atoms with Crippen LogP contribution in [0.5, 0.6) is 0 Å². The summed E-state index contributed by atoms with van der Waals surface area (Å²) in [6.45, 7) is 5.87. The number of hydrogen-bond donors (Lipinski definition) is 1. The molecule has 140 valence electrons. The Labute approximate surface area is 157 Å². The Hall–Kier alpha value is -1.73. The molecule has 3 heterocycles. The summed E-state index contributed by atoms with van der Waals surface area (Å²) >= 11 is 1.70. The predicted octanol–water partition coefficient (Wildman–Crippen LogP) is 2.31. The van der Waals surface area contributed by atoms with Crippen LogP contribution in [0.3, 0.4) is 0 Å². The number of nitrogens with zero attached hydrogens (tertiary/aromatic N) is 3. The summed E-state index contributed by atoms with van der Waals surface area (Å²) in [4.78, 5) is 38.9. The molecule has 4 rings (SSSR count). The molecule has 1 aliphatic heterocycles. The monoisotopic (exact) mass is 374 g/mol. The van der Waals surface area contributed by atoms with E-state index in [-0.39, 0.29) is 11.5 Å². The van der Waals surface area contributed by atoms with E-state index in [2.05, 4.69) is 9.88 Å². The lowest BCUT2D eigenvalue weighted by atomic mass is 9.97. The highest BCUT2D eigenvalue weighted by Crippen LogP contribution is 2.33. The van der Waals surface area contributed by atoms with E-state index < -0.39 is 0 Å². The number of fused-ring (bicyclic) bond motifs is 3. The first-order chi connectivity index (χ1) is 12.7. The number of amides is 1. The third-order valence-electron chi connectivity index (χ3n) is 5.44. The van der Waals surface area contributed by atoms with Crippen LogP contribution >= 0.6 is 11.3 Å². The molecule has 1 aliphatic carbocycles. The molecule has 1 amide bonds. The maximum absolute atomic E-state index is 12.6. The van der Waals surface area contributed by atoms with Crippen molar-refractivity contribution < 1.29 is 4.79 Å². The molecule has 1 fully saturated rings. The van der Waals surface area contributed by atoms with Crippen LogP contribution in [-0.4, -0.2) is 51.9 Å². The lowest BCUT2D eigenvalue weighted by Crippen LogP contribution is -2.48. The van der Waals surface area contributed by atoms with Crippen molar-refractivity contribution >= 4 is 27.5 Å². The van der Waals surface area contributed by atoms with Gasteiger partial charge in [0.05, 0.1) is 11.9 Å². The quantitative estimate of drug-likeness (QED) is 0.892. The summed E-state index contributed by atoms with van der Waals surface area (Å²) in [7, 11) is 0. The number of piperazine rings is 1. The number of aryl methyl sites for hydroxylation is 2. The van der Waals surface area contributed by atoms with Gasteiger partial charge in [-0.05, 0) is 37.7 Å². The van der Waals surface area contributed by atoms with Crippen LogP contribution in [0.4, 0.5) is 0 Å². The summed E-state index contributed by atoms with van der Waals surface area (Å²) in [6, 6.07) is 0. The number of rotatable bonds is 4. The van der Waals surface area contributed by atoms with Gasteiger partial charge in [-0.1, -0.05) is 6.92 Å². The Balaban J connectivity index is 1.47. The summed E-state index contributed by atoms with van der Waals surface area (Å²) < 4.78 is 0. The van der Waals surface area contributed by atoms with E-state index in [9.17, 15) is 9.59 Å². The van der Waals surface area contributed by atoms with E-state index in [4.69, 9.17) is 4.98 Å². The third kappa shape index (κ3) is 3.42. The lowest BCUT2D eigenvalue weighted by Gasteiger charge is -2.34. The number of carbonyl (C=O) groups excluding carboxylic acids is 1. The van der Waals surface area contributed by atoms with Crippen molar-refractivity contribution in [2.45, 2.75) is 52.0 Å². The Bertz CT molecular complexity index is 864. The van der Waals surface area contributed by atoms with Crippen molar-refractivity contribution in [1.82, 2.24) is 19.8 Å². The van der Waals surface area contributed by atoms with Gasteiger partial charge in [0, 0.05) is 37.5 Å². The topological polar surface area (TPSA) is 69.3 Å². The van der Waals surface area contributed by atoms with Crippen LogP contribution in [0.25, 0.3) is 10.2 Å². The van der Waals surface area contributed by atoms with Gasteiger partial charge in [0.15, 0.2) is 0 Å². The second kappa shape index (κ2) is 7.48. The summed E-state index contributed by atoms with van der Waals surface area (Å²) in [5, 5.41) is 0.823. The number of aromatic amines is 1.